The zero-order valence-corrected chi connectivity index (χ0v) is 13.5. The second-order valence-corrected chi connectivity index (χ2v) is 5.73. The molecule has 116 valence electrons. The highest BCUT2D eigenvalue weighted by Crippen LogP contribution is 2.26. The lowest BCUT2D eigenvalue weighted by Gasteiger charge is -2.16. The third-order valence-corrected chi connectivity index (χ3v) is 4.29. The van der Waals surface area contributed by atoms with Crippen LogP contribution in [0.3, 0.4) is 0 Å². The molecule has 1 aromatic carbocycles. The highest BCUT2D eigenvalue weighted by Gasteiger charge is 2.30. The number of unbranched alkanes of at least 4 members (excludes halogenated alkanes) is 1. The molecule has 2 unspecified atom stereocenters. The Labute approximate surface area is 131 Å². The molecule has 0 spiro atoms. The van der Waals surface area contributed by atoms with Gasteiger partial charge in [-0.1, -0.05) is 38.8 Å². The van der Waals surface area contributed by atoms with Crippen LogP contribution in [0.2, 0.25) is 0 Å². The van der Waals surface area contributed by atoms with E-state index in [9.17, 15) is 10.1 Å². The van der Waals surface area contributed by atoms with Gasteiger partial charge in [-0.2, -0.15) is 5.26 Å². The maximum absolute atomic E-state index is 12.8. The lowest BCUT2D eigenvalue weighted by Crippen LogP contribution is -2.23. The van der Waals surface area contributed by atoms with Gasteiger partial charge in [0.25, 0.3) is 0 Å². The molecule has 2 aromatic rings. The number of fused-ring (bicyclic) bond motifs is 1. The standard InChI is InChI=1S/C18H23N3O/c1-4-6-9-13(5-2)17(22)14(12-19)18-20-15-10-7-8-11-16(15)21(18)3/h7-8,10-11,13-14H,4-6,9H2,1-3H3. The number of carbonyl (C=O) groups excluding carboxylic acids is 1. The Morgan fingerprint density at radius 1 is 1.36 bits per heavy atom. The summed E-state index contributed by atoms with van der Waals surface area (Å²) in [6.07, 6.45) is 3.72. The first-order valence-electron chi connectivity index (χ1n) is 7.98. The number of aromatic nitrogens is 2. The normalized spacial score (nSPS) is 13.7. The fourth-order valence-corrected chi connectivity index (χ4v) is 2.90. The predicted octanol–water partition coefficient (Wildman–Crippen LogP) is 3.97. The Morgan fingerprint density at radius 3 is 2.68 bits per heavy atom. The van der Waals surface area contributed by atoms with E-state index in [1.807, 2.05) is 42.8 Å². The Balaban J connectivity index is 2.35. The van der Waals surface area contributed by atoms with Gasteiger partial charge >= 0.3 is 0 Å². The Hall–Kier alpha value is -2.15. The van der Waals surface area contributed by atoms with Gasteiger partial charge in [0.2, 0.25) is 0 Å². The number of ketones is 1. The summed E-state index contributed by atoms with van der Waals surface area (Å²) < 4.78 is 1.87. The van der Waals surface area contributed by atoms with E-state index in [2.05, 4.69) is 18.0 Å². The SMILES string of the molecule is CCCCC(CC)C(=O)C(C#N)c1nc2ccccc2n1C. The molecule has 4 nitrogen and oxygen atoms in total. The van der Waals surface area contributed by atoms with Crippen molar-refractivity contribution in [2.24, 2.45) is 13.0 Å². The first-order valence-corrected chi connectivity index (χ1v) is 7.98. The van der Waals surface area contributed by atoms with E-state index >= 15 is 0 Å². The molecule has 0 bridgehead atoms. The van der Waals surface area contributed by atoms with Gasteiger partial charge in [-0.3, -0.25) is 4.79 Å². The van der Waals surface area contributed by atoms with Gasteiger partial charge in [-0.05, 0) is 25.0 Å². The monoisotopic (exact) mass is 297 g/mol. The number of hydrogen-bond donors (Lipinski definition) is 0. The number of carbonyl (C=O) groups is 1. The maximum atomic E-state index is 12.8. The smallest absolute Gasteiger partial charge is 0.163 e. The van der Waals surface area contributed by atoms with Crippen LogP contribution in [0.1, 0.15) is 51.3 Å². The van der Waals surface area contributed by atoms with Crippen LogP contribution in [0.5, 0.6) is 0 Å². The van der Waals surface area contributed by atoms with Crippen LogP contribution in [0.15, 0.2) is 24.3 Å². The van der Waals surface area contributed by atoms with Crippen LogP contribution in [-0.2, 0) is 11.8 Å². The molecule has 1 aromatic heterocycles. The van der Waals surface area contributed by atoms with Crippen LogP contribution in [0.4, 0.5) is 0 Å². The van der Waals surface area contributed by atoms with Gasteiger partial charge < -0.3 is 4.57 Å². The largest absolute Gasteiger partial charge is 0.330 e. The Kier molecular flexibility index (Phi) is 5.32. The zero-order chi connectivity index (χ0) is 16.1. The van der Waals surface area contributed by atoms with Gasteiger partial charge in [0.15, 0.2) is 11.7 Å². The molecule has 0 fully saturated rings. The molecule has 2 atom stereocenters. The number of hydrogen-bond acceptors (Lipinski definition) is 3. The van der Waals surface area contributed by atoms with Crippen LogP contribution in [0, 0.1) is 17.2 Å². The van der Waals surface area contributed by atoms with Crippen molar-refractivity contribution in [1.29, 1.82) is 5.26 Å². The number of para-hydroxylation sites is 2. The number of aryl methyl sites for hydroxylation is 1. The molecule has 0 saturated carbocycles. The second-order valence-electron chi connectivity index (χ2n) is 5.73. The molecule has 0 aliphatic carbocycles. The topological polar surface area (TPSA) is 58.7 Å². The fourth-order valence-electron chi connectivity index (χ4n) is 2.90. The minimum atomic E-state index is -0.779. The van der Waals surface area contributed by atoms with E-state index in [4.69, 9.17) is 0 Å². The highest BCUT2D eigenvalue weighted by atomic mass is 16.1. The summed E-state index contributed by atoms with van der Waals surface area (Å²) in [5.41, 5.74) is 1.78. The molecule has 0 amide bonds. The third kappa shape index (κ3) is 3.04. The Bertz CT molecular complexity index is 696. The lowest BCUT2D eigenvalue weighted by molar-refractivity contribution is -0.123. The molecule has 0 aliphatic heterocycles. The molecule has 0 aliphatic rings. The molecule has 4 heteroatoms. The third-order valence-electron chi connectivity index (χ3n) is 4.29. The van der Waals surface area contributed by atoms with Gasteiger partial charge in [-0.15, -0.1) is 0 Å². The summed E-state index contributed by atoms with van der Waals surface area (Å²) in [4.78, 5) is 17.3. The lowest BCUT2D eigenvalue weighted by atomic mass is 9.87. The van der Waals surface area contributed by atoms with E-state index in [1.165, 1.54) is 0 Å². The molecule has 0 radical (unpaired) electrons. The number of Topliss-reactive ketones (excluding diaryl/α,β-unsaturated/α-hetero) is 1. The number of nitriles is 1. The average molecular weight is 297 g/mol. The molecule has 0 saturated heterocycles. The van der Waals surface area contributed by atoms with Gasteiger partial charge in [-0.25, -0.2) is 4.98 Å². The van der Waals surface area contributed by atoms with E-state index in [-0.39, 0.29) is 11.7 Å². The minimum absolute atomic E-state index is 0.0110. The van der Waals surface area contributed by atoms with Crippen LogP contribution in [-0.4, -0.2) is 15.3 Å². The van der Waals surface area contributed by atoms with Crippen LogP contribution >= 0.6 is 0 Å². The van der Waals surface area contributed by atoms with Crippen LogP contribution in [0.25, 0.3) is 11.0 Å². The predicted molar refractivity (Wildman–Crippen MR) is 87.4 cm³/mol. The molecular weight excluding hydrogens is 274 g/mol. The number of nitrogens with zero attached hydrogens (tertiary/aromatic N) is 3. The van der Waals surface area contributed by atoms with Gasteiger partial charge in [0, 0.05) is 13.0 Å². The van der Waals surface area contributed by atoms with Gasteiger partial charge in [0.05, 0.1) is 17.1 Å². The second kappa shape index (κ2) is 7.22. The quantitative estimate of drug-likeness (QED) is 0.777. The Morgan fingerprint density at radius 2 is 2.09 bits per heavy atom. The number of benzene rings is 1. The summed E-state index contributed by atoms with van der Waals surface area (Å²) in [5.74, 6) is -0.260. The summed E-state index contributed by atoms with van der Waals surface area (Å²) in [7, 11) is 1.87. The molecule has 22 heavy (non-hydrogen) atoms. The van der Waals surface area contributed by atoms with Crippen molar-refractivity contribution < 1.29 is 4.79 Å². The van der Waals surface area contributed by atoms with Crippen molar-refractivity contribution in [2.45, 2.75) is 45.4 Å². The molecule has 1 heterocycles. The summed E-state index contributed by atoms with van der Waals surface area (Å²) in [6.45, 7) is 4.13. The molecular formula is C18H23N3O. The maximum Gasteiger partial charge on any atom is 0.163 e. The van der Waals surface area contributed by atoms with Crippen molar-refractivity contribution in [3.05, 3.63) is 30.1 Å². The highest BCUT2D eigenvalue weighted by molar-refractivity contribution is 5.90. The molecule has 0 N–H and O–H groups in total. The van der Waals surface area contributed by atoms with E-state index in [0.29, 0.717) is 5.82 Å². The first-order chi connectivity index (χ1) is 10.6. The first kappa shape index (κ1) is 16.2. The van der Waals surface area contributed by atoms with Crippen molar-refractivity contribution in [3.63, 3.8) is 0 Å². The summed E-state index contributed by atoms with van der Waals surface area (Å²) in [5, 5.41) is 9.55. The van der Waals surface area contributed by atoms with E-state index in [0.717, 1.165) is 36.7 Å². The minimum Gasteiger partial charge on any atom is -0.330 e. The number of imidazole rings is 1. The summed E-state index contributed by atoms with van der Waals surface area (Å²) in [6, 6.07) is 9.90. The number of rotatable bonds is 7. The average Bonchev–Trinajstić information content (AvgIpc) is 2.86. The van der Waals surface area contributed by atoms with Crippen LogP contribution < -0.4 is 0 Å². The van der Waals surface area contributed by atoms with E-state index < -0.39 is 5.92 Å². The van der Waals surface area contributed by atoms with Crippen molar-refractivity contribution in [2.75, 3.05) is 0 Å². The fraction of sp³-hybridized carbons (Fsp3) is 0.500. The van der Waals surface area contributed by atoms with Crippen molar-refractivity contribution in [3.8, 4) is 6.07 Å². The zero-order valence-electron chi connectivity index (χ0n) is 13.5. The van der Waals surface area contributed by atoms with Crippen molar-refractivity contribution >= 4 is 16.8 Å². The van der Waals surface area contributed by atoms with Gasteiger partial charge in [0.1, 0.15) is 5.82 Å². The van der Waals surface area contributed by atoms with E-state index in [1.54, 1.807) is 0 Å². The summed E-state index contributed by atoms with van der Waals surface area (Å²) >= 11 is 0. The molecule has 2 rings (SSSR count). The van der Waals surface area contributed by atoms with Crippen molar-refractivity contribution in [1.82, 2.24) is 9.55 Å².